The minimum absolute atomic E-state index is 0.0442. The maximum atomic E-state index is 12.5. The van der Waals surface area contributed by atoms with Gasteiger partial charge in [0.2, 0.25) is 0 Å². The fraction of sp³-hybridized carbons (Fsp3) is 0.792. The molecule has 4 rings (SSSR count). The first-order chi connectivity index (χ1) is 14.1. The van der Waals surface area contributed by atoms with Crippen LogP contribution in [-0.4, -0.2) is 41.3 Å². The molecule has 0 aromatic carbocycles. The van der Waals surface area contributed by atoms with Gasteiger partial charge in [0.15, 0.2) is 5.78 Å². The molecule has 3 fully saturated rings. The van der Waals surface area contributed by atoms with E-state index < -0.39 is 12.0 Å². The predicted molar refractivity (Wildman–Crippen MR) is 114 cm³/mol. The molecule has 0 bridgehead atoms. The van der Waals surface area contributed by atoms with Gasteiger partial charge in [-0.25, -0.2) is 0 Å². The van der Waals surface area contributed by atoms with Gasteiger partial charge in [0.25, 0.3) is 0 Å². The van der Waals surface area contributed by atoms with Gasteiger partial charge in [-0.1, -0.05) is 19.4 Å². The molecule has 0 aromatic rings. The van der Waals surface area contributed by atoms with Gasteiger partial charge in [0, 0.05) is 24.9 Å². The molecule has 0 radical (unpaired) electrons. The number of ketones is 2. The van der Waals surface area contributed by atoms with Crippen LogP contribution in [0.25, 0.3) is 0 Å². The summed E-state index contributed by atoms with van der Waals surface area (Å²) in [7, 11) is 0. The molecule has 166 valence electrons. The lowest BCUT2D eigenvalue weighted by Crippen LogP contribution is -2.61. The number of carboxylic acids is 1. The molecule has 0 unspecified atom stereocenters. The van der Waals surface area contributed by atoms with Gasteiger partial charge in [-0.15, -0.1) is 0 Å². The van der Waals surface area contributed by atoms with Crippen LogP contribution in [0.15, 0.2) is 11.6 Å². The normalized spacial score (nSPS) is 43.8. The molecule has 8 atom stereocenters. The lowest BCUT2D eigenvalue weighted by molar-refractivity contribution is -0.138. The summed E-state index contributed by atoms with van der Waals surface area (Å²) in [6.07, 6.45) is 8.27. The van der Waals surface area contributed by atoms with Gasteiger partial charge in [0.1, 0.15) is 11.8 Å². The topological polar surface area (TPSA) is 109 Å². The Bertz CT molecular complexity index is 792. The highest BCUT2D eigenvalue weighted by Crippen LogP contribution is 2.66. The first-order valence-electron chi connectivity index (χ1n) is 11.5. The first-order valence-corrected chi connectivity index (χ1v) is 11.5. The zero-order valence-corrected chi connectivity index (χ0v) is 18.4. The first kappa shape index (κ1) is 21.7. The van der Waals surface area contributed by atoms with E-state index in [2.05, 4.69) is 19.2 Å². The molecule has 6 heteroatoms. The van der Waals surface area contributed by atoms with E-state index in [4.69, 9.17) is 5.73 Å². The van der Waals surface area contributed by atoms with Gasteiger partial charge in [-0.2, -0.15) is 0 Å². The van der Waals surface area contributed by atoms with Crippen LogP contribution in [0.4, 0.5) is 0 Å². The van der Waals surface area contributed by atoms with E-state index in [1.165, 1.54) is 5.57 Å². The Morgan fingerprint density at radius 3 is 2.67 bits per heavy atom. The quantitative estimate of drug-likeness (QED) is 0.636. The van der Waals surface area contributed by atoms with Crippen LogP contribution in [0.1, 0.15) is 65.7 Å². The molecule has 0 saturated heterocycles. The molecule has 3 saturated carbocycles. The molecule has 4 N–H and O–H groups in total. The molecule has 0 amide bonds. The number of rotatable bonds is 5. The van der Waals surface area contributed by atoms with Crippen molar-refractivity contribution in [3.63, 3.8) is 0 Å². The Kier molecular flexibility index (Phi) is 5.46. The molecule has 0 heterocycles. The number of nitrogens with two attached hydrogens (primary N) is 1. The molecule has 4 aliphatic rings. The second-order valence-electron chi connectivity index (χ2n) is 10.8. The summed E-state index contributed by atoms with van der Waals surface area (Å²) in [5.74, 6) is 0.941. The molecule has 0 aromatic heterocycles. The minimum atomic E-state index is -1.000. The van der Waals surface area contributed by atoms with E-state index in [1.807, 2.05) is 6.08 Å². The molecule has 4 aliphatic carbocycles. The van der Waals surface area contributed by atoms with Crippen molar-refractivity contribution < 1.29 is 19.5 Å². The Hall–Kier alpha value is -1.53. The average molecular weight is 417 g/mol. The highest BCUT2D eigenvalue weighted by atomic mass is 16.4. The van der Waals surface area contributed by atoms with Crippen molar-refractivity contribution in [2.75, 3.05) is 6.54 Å². The Labute approximate surface area is 179 Å². The number of aliphatic carboxylic acids is 1. The zero-order valence-electron chi connectivity index (χ0n) is 18.4. The number of carbonyl (C=O) groups is 3. The number of allylic oxidation sites excluding steroid dienone is 1. The third-order valence-electron chi connectivity index (χ3n) is 9.33. The summed E-state index contributed by atoms with van der Waals surface area (Å²) in [4.78, 5) is 35.9. The summed E-state index contributed by atoms with van der Waals surface area (Å²) < 4.78 is 0. The minimum Gasteiger partial charge on any atom is -0.480 e. The Balaban J connectivity index is 1.71. The molecular formula is C24H36N2O4. The highest BCUT2D eigenvalue weighted by Gasteiger charge is 2.62. The smallest absolute Gasteiger partial charge is 0.321 e. The van der Waals surface area contributed by atoms with E-state index in [9.17, 15) is 19.5 Å². The number of hydrogen-bond donors (Lipinski definition) is 3. The zero-order chi connectivity index (χ0) is 21.8. The lowest BCUT2D eigenvalue weighted by Gasteiger charge is -2.61. The van der Waals surface area contributed by atoms with E-state index in [-0.39, 0.29) is 40.9 Å². The SMILES string of the molecule is CC(=O)[C@H]1CC[C@H]2[C@@H]3CCC4=CC(=O)CC[C@]4(C)[C@H]3[C@@H](NC[C@@H](N)C(=O)O)C[C@]12C. The Morgan fingerprint density at radius 2 is 2.00 bits per heavy atom. The van der Waals surface area contributed by atoms with Crippen LogP contribution in [0.3, 0.4) is 0 Å². The number of nitrogens with one attached hydrogen (secondary N) is 1. The second-order valence-corrected chi connectivity index (χ2v) is 10.8. The maximum absolute atomic E-state index is 12.5. The maximum Gasteiger partial charge on any atom is 0.321 e. The third kappa shape index (κ3) is 3.27. The van der Waals surface area contributed by atoms with Gasteiger partial charge in [-0.3, -0.25) is 14.4 Å². The van der Waals surface area contributed by atoms with Crippen LogP contribution in [0.5, 0.6) is 0 Å². The van der Waals surface area contributed by atoms with E-state index in [1.54, 1.807) is 6.92 Å². The predicted octanol–water partition coefficient (Wildman–Crippen LogP) is 2.70. The fourth-order valence-corrected chi connectivity index (χ4v) is 7.98. The molecule has 0 aliphatic heterocycles. The van der Waals surface area contributed by atoms with Crippen molar-refractivity contribution in [1.29, 1.82) is 0 Å². The average Bonchev–Trinajstić information content (AvgIpc) is 3.03. The van der Waals surface area contributed by atoms with Gasteiger partial charge >= 0.3 is 5.97 Å². The van der Waals surface area contributed by atoms with Crippen LogP contribution in [0.2, 0.25) is 0 Å². The third-order valence-corrected chi connectivity index (χ3v) is 9.33. The van der Waals surface area contributed by atoms with Crippen molar-refractivity contribution in [3.8, 4) is 0 Å². The fourth-order valence-electron chi connectivity index (χ4n) is 7.98. The van der Waals surface area contributed by atoms with Gasteiger partial charge in [0.05, 0.1) is 0 Å². The lowest BCUT2D eigenvalue weighted by atomic mass is 9.45. The van der Waals surface area contributed by atoms with E-state index in [0.29, 0.717) is 24.2 Å². The molecular weight excluding hydrogens is 380 g/mol. The van der Waals surface area contributed by atoms with Crippen LogP contribution in [-0.2, 0) is 14.4 Å². The van der Waals surface area contributed by atoms with Crippen molar-refractivity contribution in [3.05, 3.63) is 11.6 Å². The monoisotopic (exact) mass is 416 g/mol. The second kappa shape index (κ2) is 7.56. The van der Waals surface area contributed by atoms with Crippen molar-refractivity contribution in [1.82, 2.24) is 5.32 Å². The molecule has 0 spiro atoms. The van der Waals surface area contributed by atoms with Gasteiger partial charge < -0.3 is 16.2 Å². The summed E-state index contributed by atoms with van der Waals surface area (Å²) in [5.41, 5.74) is 7.00. The van der Waals surface area contributed by atoms with Crippen LogP contribution >= 0.6 is 0 Å². The van der Waals surface area contributed by atoms with E-state index in [0.717, 1.165) is 38.5 Å². The summed E-state index contributed by atoms with van der Waals surface area (Å²) >= 11 is 0. The van der Waals surface area contributed by atoms with E-state index >= 15 is 0 Å². The number of Topliss-reactive ketones (excluding diaryl/α,β-unsaturated/α-hetero) is 1. The van der Waals surface area contributed by atoms with Crippen LogP contribution in [0, 0.1) is 34.5 Å². The van der Waals surface area contributed by atoms with Crippen molar-refractivity contribution >= 4 is 17.5 Å². The summed E-state index contributed by atoms with van der Waals surface area (Å²) in [5, 5.41) is 12.8. The van der Waals surface area contributed by atoms with Crippen LogP contribution < -0.4 is 11.1 Å². The van der Waals surface area contributed by atoms with Crippen molar-refractivity contribution in [2.45, 2.75) is 77.8 Å². The Morgan fingerprint density at radius 1 is 1.27 bits per heavy atom. The standard InChI is InChI=1S/C24H36N2O4/c1-13(27)17-6-7-18-16-5-4-14-10-15(28)8-9-23(14,2)21(16)20(11-24(17,18)3)26-12-19(25)22(29)30/h10,16-21,26H,4-9,11-12,25H2,1-3H3,(H,29,30)/t16-,17+,18-,19+,20-,21+,23-,24+/m0/s1. The van der Waals surface area contributed by atoms with Gasteiger partial charge in [-0.05, 0) is 80.1 Å². The number of hydrogen-bond acceptors (Lipinski definition) is 5. The number of fused-ring (bicyclic) bond motifs is 5. The highest BCUT2D eigenvalue weighted by molar-refractivity contribution is 5.91. The summed E-state index contributed by atoms with van der Waals surface area (Å²) in [6.45, 7) is 6.55. The number of carboxylic acid groups (broad SMARTS) is 1. The van der Waals surface area contributed by atoms with Crippen molar-refractivity contribution in [2.24, 2.45) is 40.2 Å². The molecule has 6 nitrogen and oxygen atoms in total. The number of carbonyl (C=O) groups excluding carboxylic acids is 2. The molecule has 30 heavy (non-hydrogen) atoms. The summed E-state index contributed by atoms with van der Waals surface area (Å²) in [6, 6.07) is -0.844. The largest absolute Gasteiger partial charge is 0.480 e.